The van der Waals surface area contributed by atoms with Crippen LogP contribution in [0.5, 0.6) is 0 Å². The number of benzene rings is 2. The van der Waals surface area contributed by atoms with Crippen LogP contribution in [0, 0.1) is 5.82 Å². The number of nitrogens with one attached hydrogen (secondary N) is 1. The number of nitrogen functional groups attached to an aromatic ring is 1. The number of aromatic nitrogens is 5. The fraction of sp³-hybridized carbons (Fsp3) is 0.0556. The summed E-state index contributed by atoms with van der Waals surface area (Å²) >= 11 is 4.92. The van der Waals surface area contributed by atoms with E-state index in [0.717, 1.165) is 21.4 Å². The molecule has 0 radical (unpaired) electrons. The molecule has 3 N–H and O–H groups in total. The molecule has 4 rings (SSSR count). The van der Waals surface area contributed by atoms with Crippen LogP contribution >= 0.6 is 27.7 Å². The minimum atomic E-state index is -0.288. The van der Waals surface area contributed by atoms with Crippen molar-refractivity contribution < 1.29 is 4.39 Å². The van der Waals surface area contributed by atoms with E-state index in [1.807, 2.05) is 30.3 Å². The number of thioether (sulfide) groups is 1. The van der Waals surface area contributed by atoms with Gasteiger partial charge in [0.1, 0.15) is 11.5 Å². The van der Waals surface area contributed by atoms with Gasteiger partial charge in [-0.25, -0.2) is 9.07 Å². The van der Waals surface area contributed by atoms with Crippen LogP contribution in [0.1, 0.15) is 5.56 Å². The number of hydrogen-bond donors (Lipinski definition) is 2. The lowest BCUT2D eigenvalue weighted by Crippen LogP contribution is -2.11. The van der Waals surface area contributed by atoms with Gasteiger partial charge >= 0.3 is 0 Å². The summed E-state index contributed by atoms with van der Waals surface area (Å²) < 4.78 is 15.5. The highest BCUT2D eigenvalue weighted by Crippen LogP contribution is 2.26. The Morgan fingerprint density at radius 2 is 1.81 bits per heavy atom. The topological polar surface area (TPSA) is 85.4 Å². The third-order valence-electron chi connectivity index (χ3n) is 3.90. The Morgan fingerprint density at radius 3 is 2.56 bits per heavy atom. The van der Waals surface area contributed by atoms with Gasteiger partial charge in [-0.15, -0.1) is 10.2 Å². The van der Waals surface area contributed by atoms with Crippen molar-refractivity contribution in [3.05, 3.63) is 70.5 Å². The summed E-state index contributed by atoms with van der Waals surface area (Å²) in [4.78, 5) is 0. The Labute approximate surface area is 167 Å². The van der Waals surface area contributed by atoms with Crippen molar-refractivity contribution in [1.82, 2.24) is 25.1 Å². The molecule has 0 fully saturated rings. The first-order valence-corrected chi connectivity index (χ1v) is 9.77. The maximum Gasteiger partial charge on any atom is 0.210 e. The van der Waals surface area contributed by atoms with Gasteiger partial charge < -0.3 is 5.84 Å². The average Bonchev–Trinajstić information content (AvgIpc) is 3.29. The molecule has 0 aliphatic heterocycles. The first-order chi connectivity index (χ1) is 13.1. The molecule has 0 aliphatic rings. The van der Waals surface area contributed by atoms with Crippen LogP contribution in [-0.2, 0) is 5.75 Å². The van der Waals surface area contributed by atoms with Crippen molar-refractivity contribution in [2.24, 2.45) is 0 Å². The van der Waals surface area contributed by atoms with Crippen LogP contribution in [0.25, 0.3) is 22.8 Å². The van der Waals surface area contributed by atoms with Gasteiger partial charge in [0.25, 0.3) is 0 Å². The van der Waals surface area contributed by atoms with Crippen LogP contribution in [0.2, 0.25) is 0 Å². The first-order valence-electron chi connectivity index (χ1n) is 7.99. The second kappa shape index (κ2) is 7.53. The number of hydrogen-bond acceptors (Lipinski definition) is 5. The normalized spacial score (nSPS) is 11.0. The van der Waals surface area contributed by atoms with Gasteiger partial charge in [-0.2, -0.15) is 5.10 Å². The van der Waals surface area contributed by atoms with Crippen molar-refractivity contribution in [3.8, 4) is 22.8 Å². The lowest BCUT2D eigenvalue weighted by molar-refractivity contribution is 0.628. The molecule has 0 spiro atoms. The summed E-state index contributed by atoms with van der Waals surface area (Å²) in [5, 5.41) is 16.1. The summed E-state index contributed by atoms with van der Waals surface area (Å²) in [6.07, 6.45) is 0. The van der Waals surface area contributed by atoms with Crippen molar-refractivity contribution in [2.75, 3.05) is 5.84 Å². The van der Waals surface area contributed by atoms with Crippen LogP contribution in [0.15, 0.2) is 64.2 Å². The maximum absolute atomic E-state index is 13.1. The van der Waals surface area contributed by atoms with Gasteiger partial charge in [0.2, 0.25) is 11.0 Å². The molecular weight excluding hydrogens is 431 g/mol. The van der Waals surface area contributed by atoms with Crippen molar-refractivity contribution in [2.45, 2.75) is 10.9 Å². The van der Waals surface area contributed by atoms with Gasteiger partial charge in [-0.3, -0.25) is 5.10 Å². The molecule has 0 aliphatic carbocycles. The fourth-order valence-corrected chi connectivity index (χ4v) is 3.57. The molecule has 0 bridgehead atoms. The third kappa shape index (κ3) is 3.88. The van der Waals surface area contributed by atoms with E-state index < -0.39 is 0 Å². The molecule has 0 saturated carbocycles. The van der Waals surface area contributed by atoms with Gasteiger partial charge in [0, 0.05) is 15.8 Å². The number of rotatable bonds is 5. The average molecular weight is 445 g/mol. The van der Waals surface area contributed by atoms with Gasteiger partial charge in [-0.1, -0.05) is 39.8 Å². The predicted molar refractivity (Wildman–Crippen MR) is 107 cm³/mol. The summed E-state index contributed by atoms with van der Waals surface area (Å²) in [6.45, 7) is 0. The van der Waals surface area contributed by atoms with E-state index in [-0.39, 0.29) is 5.82 Å². The highest BCUT2D eigenvalue weighted by Gasteiger charge is 2.15. The van der Waals surface area contributed by atoms with Crippen LogP contribution in [-0.4, -0.2) is 25.1 Å². The van der Waals surface area contributed by atoms with Crippen LogP contribution in [0.4, 0.5) is 4.39 Å². The van der Waals surface area contributed by atoms with Gasteiger partial charge in [0.15, 0.2) is 0 Å². The Kier molecular flexibility index (Phi) is 4.95. The monoisotopic (exact) mass is 444 g/mol. The molecule has 6 nitrogen and oxygen atoms in total. The molecule has 0 unspecified atom stereocenters. The van der Waals surface area contributed by atoms with Crippen LogP contribution in [0.3, 0.4) is 0 Å². The number of nitrogens with zero attached hydrogens (tertiary/aromatic N) is 4. The van der Waals surface area contributed by atoms with E-state index >= 15 is 0 Å². The summed E-state index contributed by atoms with van der Waals surface area (Å²) in [6, 6.07) is 16.0. The molecule has 0 saturated heterocycles. The molecule has 2 aromatic carbocycles. The summed E-state index contributed by atoms with van der Waals surface area (Å²) in [7, 11) is 0. The van der Waals surface area contributed by atoms with E-state index in [1.54, 1.807) is 12.1 Å². The molecule has 0 atom stereocenters. The molecule has 27 heavy (non-hydrogen) atoms. The minimum Gasteiger partial charge on any atom is -0.335 e. The predicted octanol–water partition coefficient (Wildman–Crippen LogP) is 4.24. The number of halogens is 2. The van der Waals surface area contributed by atoms with Crippen molar-refractivity contribution in [3.63, 3.8) is 0 Å². The second-order valence-electron chi connectivity index (χ2n) is 5.77. The maximum atomic E-state index is 13.1. The largest absolute Gasteiger partial charge is 0.335 e. The highest BCUT2D eigenvalue weighted by molar-refractivity contribution is 9.10. The molecular formula is C18H14BrFN6S. The number of aromatic amines is 1. The fourth-order valence-electron chi connectivity index (χ4n) is 2.49. The van der Waals surface area contributed by atoms with E-state index in [2.05, 4.69) is 36.3 Å². The zero-order valence-electron chi connectivity index (χ0n) is 13.9. The molecule has 0 amide bonds. The zero-order valence-corrected chi connectivity index (χ0v) is 16.3. The van der Waals surface area contributed by atoms with Gasteiger partial charge in [0.05, 0.1) is 5.69 Å². The SMILES string of the molecule is Nn1c(SCc2ccc(Br)cc2)nnc1-c1cc(-c2ccc(F)cc2)n[nH]1. The Morgan fingerprint density at radius 1 is 1.07 bits per heavy atom. The van der Waals surface area contributed by atoms with E-state index in [0.29, 0.717) is 22.4 Å². The summed E-state index contributed by atoms with van der Waals surface area (Å²) in [5.74, 6) is 7.08. The lowest BCUT2D eigenvalue weighted by atomic mass is 10.1. The Balaban J connectivity index is 1.52. The van der Waals surface area contributed by atoms with Crippen molar-refractivity contribution in [1.29, 1.82) is 0 Å². The minimum absolute atomic E-state index is 0.288. The second-order valence-corrected chi connectivity index (χ2v) is 7.62. The standard InChI is InChI=1S/C18H14BrFN6S/c19-13-5-1-11(2-6-13)10-27-18-25-24-17(26(18)21)16-9-15(22-23-16)12-3-7-14(20)8-4-12/h1-9H,10,21H2,(H,22,23). The molecule has 4 aromatic rings. The van der Waals surface area contributed by atoms with E-state index in [9.17, 15) is 4.39 Å². The Hall–Kier alpha value is -2.65. The molecule has 136 valence electrons. The van der Waals surface area contributed by atoms with E-state index in [4.69, 9.17) is 5.84 Å². The lowest BCUT2D eigenvalue weighted by Gasteiger charge is -2.03. The van der Waals surface area contributed by atoms with E-state index in [1.165, 1.54) is 28.6 Å². The smallest absolute Gasteiger partial charge is 0.210 e. The molecule has 2 heterocycles. The number of nitrogens with two attached hydrogens (primary N) is 1. The third-order valence-corrected chi connectivity index (χ3v) is 5.45. The number of H-pyrrole nitrogens is 1. The van der Waals surface area contributed by atoms with Crippen molar-refractivity contribution >= 4 is 27.7 Å². The molecule has 2 aromatic heterocycles. The van der Waals surface area contributed by atoms with Gasteiger partial charge in [-0.05, 0) is 48.0 Å². The van der Waals surface area contributed by atoms with Crippen LogP contribution < -0.4 is 5.84 Å². The Bertz CT molecular complexity index is 1060. The first kappa shape index (κ1) is 17.7. The highest BCUT2D eigenvalue weighted by atomic mass is 79.9. The molecule has 9 heteroatoms. The quantitative estimate of drug-likeness (QED) is 0.355. The zero-order chi connectivity index (χ0) is 18.8. The summed E-state index contributed by atoms with van der Waals surface area (Å²) in [5.41, 5.74) is 3.27.